The maximum Gasteiger partial charge on any atom is 0.416 e. The van der Waals surface area contributed by atoms with Gasteiger partial charge in [-0.3, -0.25) is 4.79 Å². The number of hydrogen-bond acceptors (Lipinski definition) is 5. The summed E-state index contributed by atoms with van der Waals surface area (Å²) in [6.45, 7) is 1.98. The molecule has 2 aromatic rings. The first-order valence-corrected chi connectivity index (χ1v) is 8.84. The average molecular weight is 394 g/mol. The Labute approximate surface area is 160 Å². The zero-order valence-corrected chi connectivity index (χ0v) is 15.3. The fourth-order valence-corrected chi connectivity index (χ4v) is 3.04. The van der Waals surface area contributed by atoms with E-state index in [1.807, 2.05) is 4.90 Å². The molecular weight excluding hydrogens is 373 g/mol. The Kier molecular flexibility index (Phi) is 6.03. The molecule has 1 saturated heterocycles. The fourth-order valence-electron chi connectivity index (χ4n) is 3.04. The molecule has 9 heteroatoms. The Morgan fingerprint density at radius 2 is 2.00 bits per heavy atom. The Balaban J connectivity index is 1.85. The third-order valence-corrected chi connectivity index (χ3v) is 4.50. The Morgan fingerprint density at radius 3 is 2.68 bits per heavy atom. The van der Waals surface area contributed by atoms with Gasteiger partial charge in [0.15, 0.2) is 0 Å². The van der Waals surface area contributed by atoms with Crippen molar-refractivity contribution in [2.75, 3.05) is 43.6 Å². The molecule has 2 heterocycles. The van der Waals surface area contributed by atoms with E-state index in [2.05, 4.69) is 15.6 Å². The van der Waals surface area contributed by atoms with Crippen molar-refractivity contribution >= 4 is 17.4 Å². The highest BCUT2D eigenvalue weighted by Gasteiger charge is 2.34. The summed E-state index contributed by atoms with van der Waals surface area (Å²) in [5, 5.41) is 5.34. The van der Waals surface area contributed by atoms with E-state index >= 15 is 0 Å². The second-order valence-electron chi connectivity index (χ2n) is 6.27. The molecule has 0 unspecified atom stereocenters. The minimum atomic E-state index is -4.49. The number of carbonyl (C=O) groups is 1. The summed E-state index contributed by atoms with van der Waals surface area (Å²) in [5.74, 6) is -0.137. The number of aromatic nitrogens is 1. The molecule has 0 spiro atoms. The Bertz CT molecular complexity index is 836. The Morgan fingerprint density at radius 1 is 1.25 bits per heavy atom. The van der Waals surface area contributed by atoms with Gasteiger partial charge in [-0.05, 0) is 29.8 Å². The monoisotopic (exact) mass is 394 g/mol. The van der Waals surface area contributed by atoms with Gasteiger partial charge in [0.1, 0.15) is 5.82 Å². The maximum atomic E-state index is 13.6. The predicted molar refractivity (Wildman–Crippen MR) is 99.4 cm³/mol. The van der Waals surface area contributed by atoms with Crippen molar-refractivity contribution in [3.8, 4) is 0 Å². The van der Waals surface area contributed by atoms with Gasteiger partial charge in [-0.2, -0.15) is 13.2 Å². The SMILES string of the molecule is CNC(=O)c1cccnc1NCc1ccc(N2CCOCC2)cc1C(F)(F)F. The zero-order chi connectivity index (χ0) is 20.1. The van der Waals surface area contributed by atoms with Crippen LogP contribution in [0.1, 0.15) is 21.5 Å². The predicted octanol–water partition coefficient (Wildman–Crippen LogP) is 2.91. The number of alkyl halides is 3. The highest BCUT2D eigenvalue weighted by atomic mass is 19.4. The van der Waals surface area contributed by atoms with Crippen LogP contribution in [-0.4, -0.2) is 44.2 Å². The van der Waals surface area contributed by atoms with Crippen LogP contribution >= 0.6 is 0 Å². The number of amides is 1. The zero-order valence-electron chi connectivity index (χ0n) is 15.3. The number of nitrogens with zero attached hydrogens (tertiary/aromatic N) is 2. The Hall–Kier alpha value is -2.81. The first-order valence-electron chi connectivity index (χ1n) is 8.84. The minimum Gasteiger partial charge on any atom is -0.378 e. The molecule has 1 fully saturated rings. The molecule has 0 aliphatic carbocycles. The van der Waals surface area contributed by atoms with Crippen molar-refractivity contribution in [1.29, 1.82) is 0 Å². The smallest absolute Gasteiger partial charge is 0.378 e. The fraction of sp³-hybridized carbons (Fsp3) is 0.368. The highest BCUT2D eigenvalue weighted by Crippen LogP contribution is 2.35. The first-order chi connectivity index (χ1) is 13.4. The second-order valence-corrected chi connectivity index (χ2v) is 6.27. The van der Waals surface area contributed by atoms with Gasteiger partial charge in [-0.1, -0.05) is 6.07 Å². The molecule has 150 valence electrons. The van der Waals surface area contributed by atoms with E-state index in [1.54, 1.807) is 18.2 Å². The molecule has 1 aromatic heterocycles. The molecule has 28 heavy (non-hydrogen) atoms. The lowest BCUT2D eigenvalue weighted by Gasteiger charge is -2.29. The highest BCUT2D eigenvalue weighted by molar-refractivity contribution is 5.98. The average Bonchev–Trinajstić information content (AvgIpc) is 2.71. The van der Waals surface area contributed by atoms with Crippen LogP contribution in [0.2, 0.25) is 0 Å². The van der Waals surface area contributed by atoms with Crippen LogP contribution in [0.4, 0.5) is 24.7 Å². The third kappa shape index (κ3) is 4.53. The number of rotatable bonds is 5. The number of morpholine rings is 1. The van der Waals surface area contributed by atoms with E-state index in [0.717, 1.165) is 0 Å². The van der Waals surface area contributed by atoms with Crippen molar-refractivity contribution < 1.29 is 22.7 Å². The lowest BCUT2D eigenvalue weighted by Crippen LogP contribution is -2.36. The largest absolute Gasteiger partial charge is 0.416 e. The minimum absolute atomic E-state index is 0.0815. The number of halogens is 3. The summed E-state index contributed by atoms with van der Waals surface area (Å²) < 4.78 is 46.2. The number of nitrogens with one attached hydrogen (secondary N) is 2. The van der Waals surface area contributed by atoms with Gasteiger partial charge in [0.05, 0.1) is 24.3 Å². The van der Waals surface area contributed by atoms with Crippen LogP contribution in [0.25, 0.3) is 0 Å². The lowest BCUT2D eigenvalue weighted by atomic mass is 10.0. The molecule has 3 rings (SSSR count). The van der Waals surface area contributed by atoms with E-state index in [1.165, 1.54) is 25.4 Å². The standard InChI is InChI=1S/C19H21F3N4O2/c1-23-18(27)15-3-2-6-24-17(15)25-12-13-4-5-14(11-16(13)19(20,21)22)26-7-9-28-10-8-26/h2-6,11H,7-10,12H2,1H3,(H,23,27)(H,24,25). The van der Waals surface area contributed by atoms with Gasteiger partial charge in [-0.15, -0.1) is 0 Å². The van der Waals surface area contributed by atoms with Crippen LogP contribution in [-0.2, 0) is 17.5 Å². The summed E-state index contributed by atoms with van der Waals surface area (Å²) >= 11 is 0. The molecule has 0 radical (unpaired) electrons. The molecule has 0 saturated carbocycles. The van der Waals surface area contributed by atoms with Crippen LogP contribution < -0.4 is 15.5 Å². The normalized spacial score (nSPS) is 14.6. The number of benzene rings is 1. The number of pyridine rings is 1. The molecule has 1 aromatic carbocycles. The van der Waals surface area contributed by atoms with Gasteiger partial charge in [0.2, 0.25) is 0 Å². The number of anilines is 2. The van der Waals surface area contributed by atoms with Gasteiger partial charge >= 0.3 is 6.18 Å². The van der Waals surface area contributed by atoms with Crippen LogP contribution in [0.15, 0.2) is 36.5 Å². The van der Waals surface area contributed by atoms with E-state index in [4.69, 9.17) is 4.74 Å². The number of ether oxygens (including phenoxy) is 1. The van der Waals surface area contributed by atoms with Gasteiger partial charge in [0, 0.05) is 38.6 Å². The van der Waals surface area contributed by atoms with Crippen molar-refractivity contribution in [2.45, 2.75) is 12.7 Å². The summed E-state index contributed by atoms with van der Waals surface area (Å²) in [7, 11) is 1.48. The van der Waals surface area contributed by atoms with Crippen molar-refractivity contribution in [1.82, 2.24) is 10.3 Å². The molecule has 6 nitrogen and oxygen atoms in total. The van der Waals surface area contributed by atoms with Crippen LogP contribution in [0.5, 0.6) is 0 Å². The summed E-state index contributed by atoms with van der Waals surface area (Å²) in [6, 6.07) is 7.45. The molecule has 0 atom stereocenters. The molecule has 1 aliphatic rings. The summed E-state index contributed by atoms with van der Waals surface area (Å²) in [5.41, 5.74) is 0.159. The maximum absolute atomic E-state index is 13.6. The van der Waals surface area contributed by atoms with Crippen LogP contribution in [0.3, 0.4) is 0 Å². The van der Waals surface area contributed by atoms with Gasteiger partial charge in [0.25, 0.3) is 5.91 Å². The summed E-state index contributed by atoms with van der Waals surface area (Å²) in [4.78, 5) is 17.8. The van der Waals surface area contributed by atoms with Crippen molar-refractivity contribution in [3.63, 3.8) is 0 Å². The van der Waals surface area contributed by atoms with E-state index in [9.17, 15) is 18.0 Å². The summed E-state index contributed by atoms with van der Waals surface area (Å²) in [6.07, 6.45) is -3.02. The van der Waals surface area contributed by atoms with E-state index < -0.39 is 11.7 Å². The molecule has 1 amide bonds. The molecular formula is C19H21F3N4O2. The van der Waals surface area contributed by atoms with Crippen molar-refractivity contribution in [3.05, 3.63) is 53.2 Å². The van der Waals surface area contributed by atoms with Crippen LogP contribution in [0, 0.1) is 0 Å². The van der Waals surface area contributed by atoms with Gasteiger partial charge < -0.3 is 20.3 Å². The molecule has 1 aliphatic heterocycles. The number of carbonyl (C=O) groups excluding carboxylic acids is 1. The topological polar surface area (TPSA) is 66.5 Å². The molecule has 0 bridgehead atoms. The number of hydrogen-bond donors (Lipinski definition) is 2. The quantitative estimate of drug-likeness (QED) is 0.816. The van der Waals surface area contributed by atoms with E-state index in [-0.39, 0.29) is 29.4 Å². The van der Waals surface area contributed by atoms with Crippen molar-refractivity contribution in [2.24, 2.45) is 0 Å². The van der Waals surface area contributed by atoms with E-state index in [0.29, 0.717) is 32.0 Å². The van der Waals surface area contributed by atoms with Gasteiger partial charge in [-0.25, -0.2) is 4.98 Å². The third-order valence-electron chi connectivity index (χ3n) is 4.50. The second kappa shape index (κ2) is 8.47. The first kappa shape index (κ1) is 19.9. The molecule has 2 N–H and O–H groups in total. The lowest BCUT2D eigenvalue weighted by molar-refractivity contribution is -0.138.